The van der Waals surface area contributed by atoms with Crippen LogP contribution >= 0.6 is 11.6 Å². The molecular formula is C13H14ClFN4O2. The summed E-state index contributed by atoms with van der Waals surface area (Å²) in [5, 5.41) is 0.573. The van der Waals surface area contributed by atoms with E-state index in [0.29, 0.717) is 36.6 Å². The lowest BCUT2D eigenvalue weighted by Crippen LogP contribution is -2.44. The number of ether oxygens (including phenoxy) is 2. The smallest absolute Gasteiger partial charge is 0.252 e. The SMILES string of the molecule is COc1nc2nc(Cl)nc(N3CCOC[C@@H]3C)c2cc1F. The van der Waals surface area contributed by atoms with Gasteiger partial charge in [0.15, 0.2) is 11.5 Å². The topological polar surface area (TPSA) is 60.4 Å². The summed E-state index contributed by atoms with van der Waals surface area (Å²) in [4.78, 5) is 14.4. The first kappa shape index (κ1) is 14.2. The Morgan fingerprint density at radius 3 is 2.95 bits per heavy atom. The molecule has 0 radical (unpaired) electrons. The summed E-state index contributed by atoms with van der Waals surface area (Å²) in [6, 6.07) is 1.44. The molecule has 0 saturated carbocycles. The van der Waals surface area contributed by atoms with Gasteiger partial charge in [-0.15, -0.1) is 0 Å². The maximum absolute atomic E-state index is 13.9. The van der Waals surface area contributed by atoms with Crippen molar-refractivity contribution >= 4 is 28.5 Å². The fourth-order valence-corrected chi connectivity index (χ4v) is 2.54. The lowest BCUT2D eigenvalue weighted by atomic mass is 10.2. The standard InChI is InChI=1S/C13H14ClFN4O2/c1-7-6-21-4-3-19(7)11-8-5-9(15)12(20-2)16-10(8)17-13(14)18-11/h5,7H,3-4,6H2,1-2H3/t7-/m0/s1. The number of hydrogen-bond donors (Lipinski definition) is 0. The van der Waals surface area contributed by atoms with Crippen molar-refractivity contribution in [1.82, 2.24) is 15.0 Å². The fourth-order valence-electron chi connectivity index (χ4n) is 2.38. The number of morpholine rings is 1. The highest BCUT2D eigenvalue weighted by Gasteiger charge is 2.24. The van der Waals surface area contributed by atoms with E-state index >= 15 is 0 Å². The van der Waals surface area contributed by atoms with Gasteiger partial charge in [0.05, 0.1) is 31.8 Å². The molecule has 0 N–H and O–H groups in total. The van der Waals surface area contributed by atoms with Crippen molar-refractivity contribution in [2.24, 2.45) is 0 Å². The number of methoxy groups -OCH3 is 1. The number of halogens is 2. The molecule has 0 unspecified atom stereocenters. The van der Waals surface area contributed by atoms with Crippen LogP contribution in [0.25, 0.3) is 11.0 Å². The van der Waals surface area contributed by atoms with Gasteiger partial charge in [-0.25, -0.2) is 4.39 Å². The number of hydrogen-bond acceptors (Lipinski definition) is 6. The van der Waals surface area contributed by atoms with Gasteiger partial charge in [0, 0.05) is 6.54 Å². The third-order valence-electron chi connectivity index (χ3n) is 3.39. The van der Waals surface area contributed by atoms with E-state index in [1.54, 1.807) is 0 Å². The fraction of sp³-hybridized carbons (Fsp3) is 0.462. The van der Waals surface area contributed by atoms with E-state index in [0.717, 1.165) is 0 Å². The second kappa shape index (κ2) is 5.57. The Hall–Kier alpha value is -1.73. The molecule has 3 rings (SSSR count). The van der Waals surface area contributed by atoms with Gasteiger partial charge in [0.1, 0.15) is 5.82 Å². The van der Waals surface area contributed by atoms with E-state index in [-0.39, 0.29) is 17.2 Å². The Morgan fingerprint density at radius 2 is 2.24 bits per heavy atom. The summed E-state index contributed by atoms with van der Waals surface area (Å²) >= 11 is 5.97. The Morgan fingerprint density at radius 1 is 1.43 bits per heavy atom. The zero-order valence-corrected chi connectivity index (χ0v) is 12.4. The number of anilines is 1. The van der Waals surface area contributed by atoms with Crippen LogP contribution in [0.5, 0.6) is 5.88 Å². The molecule has 112 valence electrons. The van der Waals surface area contributed by atoms with Crippen molar-refractivity contribution < 1.29 is 13.9 Å². The van der Waals surface area contributed by atoms with E-state index < -0.39 is 5.82 Å². The van der Waals surface area contributed by atoms with Gasteiger partial charge < -0.3 is 14.4 Å². The molecule has 21 heavy (non-hydrogen) atoms. The van der Waals surface area contributed by atoms with Crippen molar-refractivity contribution in [3.05, 3.63) is 17.2 Å². The van der Waals surface area contributed by atoms with Crippen LogP contribution in [0, 0.1) is 5.82 Å². The molecule has 0 aromatic carbocycles. The Balaban J connectivity index is 2.19. The highest BCUT2D eigenvalue weighted by atomic mass is 35.5. The molecule has 1 aliphatic rings. The molecule has 8 heteroatoms. The van der Waals surface area contributed by atoms with Gasteiger partial charge in [-0.2, -0.15) is 15.0 Å². The molecule has 1 atom stereocenters. The predicted molar refractivity (Wildman–Crippen MR) is 76.5 cm³/mol. The first-order valence-electron chi connectivity index (χ1n) is 6.52. The highest BCUT2D eigenvalue weighted by molar-refractivity contribution is 6.28. The summed E-state index contributed by atoms with van der Waals surface area (Å²) in [5.41, 5.74) is 0.307. The molecule has 1 aliphatic heterocycles. The zero-order chi connectivity index (χ0) is 15.0. The van der Waals surface area contributed by atoms with Gasteiger partial charge in [-0.1, -0.05) is 0 Å². The van der Waals surface area contributed by atoms with Crippen molar-refractivity contribution in [2.75, 3.05) is 31.8 Å². The molecule has 2 aromatic heterocycles. The molecule has 0 spiro atoms. The van der Waals surface area contributed by atoms with Crippen molar-refractivity contribution in [3.63, 3.8) is 0 Å². The van der Waals surface area contributed by atoms with Crippen LogP contribution in [-0.2, 0) is 4.74 Å². The Bertz CT molecular complexity index is 685. The van der Waals surface area contributed by atoms with Crippen LogP contribution in [0.2, 0.25) is 5.28 Å². The molecule has 0 amide bonds. The minimum atomic E-state index is -0.557. The summed E-state index contributed by atoms with van der Waals surface area (Å²) in [5.74, 6) is -0.105. The quantitative estimate of drug-likeness (QED) is 0.791. The second-order valence-corrected chi connectivity index (χ2v) is 5.12. The molecule has 0 bridgehead atoms. The van der Waals surface area contributed by atoms with Crippen LogP contribution in [-0.4, -0.2) is 47.9 Å². The van der Waals surface area contributed by atoms with Crippen molar-refractivity contribution in [3.8, 4) is 5.88 Å². The van der Waals surface area contributed by atoms with Crippen molar-refractivity contribution in [1.29, 1.82) is 0 Å². The maximum atomic E-state index is 13.9. The minimum absolute atomic E-state index is 0.0670. The third-order valence-corrected chi connectivity index (χ3v) is 3.56. The van der Waals surface area contributed by atoms with Gasteiger partial charge in [-0.3, -0.25) is 0 Å². The average Bonchev–Trinajstić information content (AvgIpc) is 2.47. The Labute approximate surface area is 125 Å². The summed E-state index contributed by atoms with van der Waals surface area (Å²) in [7, 11) is 1.35. The molecule has 1 fully saturated rings. The van der Waals surface area contributed by atoms with Crippen LogP contribution in [0.3, 0.4) is 0 Å². The molecule has 1 saturated heterocycles. The minimum Gasteiger partial charge on any atom is -0.479 e. The number of fused-ring (bicyclic) bond motifs is 1. The van der Waals surface area contributed by atoms with E-state index in [1.807, 2.05) is 11.8 Å². The molecule has 0 aliphatic carbocycles. The van der Waals surface area contributed by atoms with E-state index in [4.69, 9.17) is 21.1 Å². The first-order valence-corrected chi connectivity index (χ1v) is 6.90. The number of pyridine rings is 1. The van der Waals surface area contributed by atoms with Crippen LogP contribution in [0.4, 0.5) is 10.2 Å². The monoisotopic (exact) mass is 312 g/mol. The number of rotatable bonds is 2. The van der Waals surface area contributed by atoms with Gasteiger partial charge in [0.25, 0.3) is 5.88 Å². The number of nitrogens with zero attached hydrogens (tertiary/aromatic N) is 4. The van der Waals surface area contributed by atoms with Gasteiger partial charge in [-0.05, 0) is 24.6 Å². The molecule has 6 nitrogen and oxygen atoms in total. The second-order valence-electron chi connectivity index (χ2n) is 4.78. The van der Waals surface area contributed by atoms with Crippen LogP contribution in [0.15, 0.2) is 6.07 Å². The lowest BCUT2D eigenvalue weighted by Gasteiger charge is -2.34. The molecule has 3 heterocycles. The van der Waals surface area contributed by atoms with Crippen molar-refractivity contribution in [2.45, 2.75) is 13.0 Å². The van der Waals surface area contributed by atoms with E-state index in [9.17, 15) is 4.39 Å². The van der Waals surface area contributed by atoms with Crippen LogP contribution in [0.1, 0.15) is 6.92 Å². The largest absolute Gasteiger partial charge is 0.479 e. The van der Waals surface area contributed by atoms with Crippen LogP contribution < -0.4 is 9.64 Å². The third kappa shape index (κ3) is 2.58. The summed E-state index contributed by atoms with van der Waals surface area (Å²) in [6.45, 7) is 3.82. The molecule has 2 aromatic rings. The van der Waals surface area contributed by atoms with Gasteiger partial charge in [0.2, 0.25) is 5.28 Å². The maximum Gasteiger partial charge on any atom is 0.252 e. The molecular weight excluding hydrogens is 299 g/mol. The number of aromatic nitrogens is 3. The lowest BCUT2D eigenvalue weighted by molar-refractivity contribution is 0.0987. The first-order chi connectivity index (χ1) is 10.1. The van der Waals surface area contributed by atoms with E-state index in [2.05, 4.69) is 15.0 Å². The normalized spacial score (nSPS) is 19.0. The summed E-state index contributed by atoms with van der Waals surface area (Å²) < 4.78 is 24.2. The van der Waals surface area contributed by atoms with Gasteiger partial charge >= 0.3 is 0 Å². The van der Waals surface area contributed by atoms with E-state index in [1.165, 1.54) is 13.2 Å². The zero-order valence-electron chi connectivity index (χ0n) is 11.6. The predicted octanol–water partition coefficient (Wildman–Crippen LogP) is 2.05. The average molecular weight is 313 g/mol. The Kier molecular flexibility index (Phi) is 3.77. The summed E-state index contributed by atoms with van der Waals surface area (Å²) in [6.07, 6.45) is 0. The highest BCUT2D eigenvalue weighted by Crippen LogP contribution is 2.29.